The summed E-state index contributed by atoms with van der Waals surface area (Å²) in [4.78, 5) is 29.4. The second kappa shape index (κ2) is 10.6. The number of nitrogens with one attached hydrogen (secondary N) is 1. The number of thioether (sulfide) groups is 1. The maximum absolute atomic E-state index is 13.0. The summed E-state index contributed by atoms with van der Waals surface area (Å²) in [5.41, 5.74) is 1.91. The number of carboxylic acids is 1. The summed E-state index contributed by atoms with van der Waals surface area (Å²) < 4.78 is -0.773. The Bertz CT molecular complexity index is 965. The van der Waals surface area contributed by atoms with E-state index in [1.165, 1.54) is 23.1 Å². The number of thiazole rings is 1. The number of aliphatic carboxylic acids is 1. The normalized spacial score (nSPS) is 33.6. The standard InChI is InChI=1S/C25H34N2O4S2/c1-5-6-18-8-7-16(2)11-20-24(4,31)9-10-25(33-20,14-22(29)30)13-21(28)26-17(3)23-27-19(12-18)15-32-23/h7-8,12,15,17,20,31H,2,5-6,9-11,13-14H2,1,3-4H3,(H,26,28)(H,29,30)/b8-7+,18-12-/t17-,20-,24+,25+/m1/s1. The highest BCUT2D eigenvalue weighted by molar-refractivity contribution is 8.01. The van der Waals surface area contributed by atoms with Crippen molar-refractivity contribution in [3.63, 3.8) is 0 Å². The van der Waals surface area contributed by atoms with Gasteiger partial charge in [-0.15, -0.1) is 23.1 Å². The van der Waals surface area contributed by atoms with Crippen molar-refractivity contribution in [2.75, 3.05) is 0 Å². The topological polar surface area (TPSA) is 99.5 Å². The quantitative estimate of drug-likeness (QED) is 0.532. The zero-order valence-electron chi connectivity index (χ0n) is 19.6. The van der Waals surface area contributed by atoms with Crippen LogP contribution in [0.25, 0.3) is 6.08 Å². The van der Waals surface area contributed by atoms with Crippen LogP contribution in [0.1, 0.15) is 82.5 Å². The van der Waals surface area contributed by atoms with Crippen molar-refractivity contribution in [2.45, 2.75) is 87.4 Å². The van der Waals surface area contributed by atoms with Gasteiger partial charge in [0.25, 0.3) is 0 Å². The first kappa shape index (κ1) is 25.7. The van der Waals surface area contributed by atoms with Gasteiger partial charge in [-0.3, -0.25) is 9.59 Å². The van der Waals surface area contributed by atoms with Gasteiger partial charge >= 0.3 is 5.97 Å². The lowest BCUT2D eigenvalue weighted by Crippen LogP contribution is -2.49. The average molecular weight is 491 g/mol. The van der Waals surface area contributed by atoms with Crippen LogP contribution >= 0.6 is 23.1 Å². The summed E-state index contributed by atoms with van der Waals surface area (Å²) >= 11 is 2.94. The summed E-state index contributed by atoms with van der Waals surface area (Å²) in [6, 6.07) is -0.267. The fourth-order valence-corrected chi connectivity index (χ4v) is 7.11. The Kier molecular flexibility index (Phi) is 8.24. The molecule has 3 rings (SSSR count). The molecule has 3 heterocycles. The molecule has 8 heteroatoms. The average Bonchev–Trinajstić information content (AvgIpc) is 3.17. The predicted octanol–water partition coefficient (Wildman–Crippen LogP) is 5.27. The van der Waals surface area contributed by atoms with Gasteiger partial charge in [0.2, 0.25) is 5.91 Å². The minimum absolute atomic E-state index is 0.0853. The molecule has 0 spiro atoms. The summed E-state index contributed by atoms with van der Waals surface area (Å²) in [7, 11) is 0. The number of carbonyl (C=O) groups excluding carboxylic acids is 1. The molecule has 4 atom stereocenters. The first-order valence-electron chi connectivity index (χ1n) is 11.4. The molecule has 0 saturated carbocycles. The molecule has 0 unspecified atom stereocenters. The molecule has 1 saturated heterocycles. The van der Waals surface area contributed by atoms with Gasteiger partial charge in [0.1, 0.15) is 5.01 Å². The minimum atomic E-state index is -0.962. The third-order valence-electron chi connectivity index (χ3n) is 6.27. The zero-order valence-corrected chi connectivity index (χ0v) is 21.2. The Hall–Kier alpha value is -1.90. The molecular weight excluding hydrogens is 456 g/mol. The smallest absolute Gasteiger partial charge is 0.304 e. The second-order valence-corrected chi connectivity index (χ2v) is 12.0. The van der Waals surface area contributed by atoms with E-state index in [4.69, 9.17) is 4.98 Å². The van der Waals surface area contributed by atoms with Gasteiger partial charge in [0.05, 0.1) is 23.8 Å². The molecule has 1 amide bonds. The molecule has 3 N–H and O–H groups in total. The SMILES string of the molecule is C=C1/C=C/C(CCC)=C\c2csc(n2)[C@@H](C)NC(=O)C[C@]2(CC(=O)O)CC[C@](C)(O)[C@@H](C1)S2. The molecule has 180 valence electrons. The molecule has 0 aliphatic carbocycles. The largest absolute Gasteiger partial charge is 0.481 e. The summed E-state index contributed by atoms with van der Waals surface area (Å²) in [5, 5.41) is 26.3. The Morgan fingerprint density at radius 1 is 1.36 bits per heavy atom. The van der Waals surface area contributed by atoms with Crippen LogP contribution in [0.5, 0.6) is 0 Å². The van der Waals surface area contributed by atoms with Crippen molar-refractivity contribution in [1.29, 1.82) is 0 Å². The van der Waals surface area contributed by atoms with Crippen LogP contribution in [0, 0.1) is 0 Å². The number of fused-ring (bicyclic) bond motifs is 4. The van der Waals surface area contributed by atoms with Crippen LogP contribution in [0.15, 0.2) is 35.3 Å². The van der Waals surface area contributed by atoms with Crippen LogP contribution in [-0.4, -0.2) is 42.7 Å². The highest BCUT2D eigenvalue weighted by Gasteiger charge is 2.48. The number of rotatable bonds is 4. The Morgan fingerprint density at radius 2 is 2.12 bits per heavy atom. The molecule has 0 radical (unpaired) electrons. The molecule has 2 aliphatic heterocycles. The third-order valence-corrected chi connectivity index (χ3v) is 9.27. The van der Waals surface area contributed by atoms with Gasteiger partial charge in [0, 0.05) is 21.8 Å². The number of aliphatic hydroxyl groups is 1. The Balaban J connectivity index is 2.00. The van der Waals surface area contributed by atoms with Gasteiger partial charge < -0.3 is 15.5 Å². The van der Waals surface area contributed by atoms with Crippen LogP contribution in [-0.2, 0) is 9.59 Å². The second-order valence-electron chi connectivity index (χ2n) is 9.46. The van der Waals surface area contributed by atoms with Crippen molar-refractivity contribution in [2.24, 2.45) is 0 Å². The van der Waals surface area contributed by atoms with Crippen LogP contribution < -0.4 is 5.32 Å². The van der Waals surface area contributed by atoms with Gasteiger partial charge in [-0.1, -0.05) is 37.6 Å². The van der Waals surface area contributed by atoms with Crippen LogP contribution in [0.3, 0.4) is 0 Å². The monoisotopic (exact) mass is 490 g/mol. The molecule has 2 aliphatic rings. The van der Waals surface area contributed by atoms with E-state index in [0.29, 0.717) is 19.3 Å². The zero-order chi connectivity index (χ0) is 24.2. The third kappa shape index (κ3) is 6.80. The number of aromatic nitrogens is 1. The van der Waals surface area contributed by atoms with Gasteiger partial charge in [0.15, 0.2) is 0 Å². The molecule has 1 aromatic rings. The number of carbonyl (C=O) groups is 2. The lowest BCUT2D eigenvalue weighted by Gasteiger charge is -2.47. The summed E-state index contributed by atoms with van der Waals surface area (Å²) in [5.74, 6) is -1.13. The van der Waals surface area contributed by atoms with E-state index < -0.39 is 16.3 Å². The van der Waals surface area contributed by atoms with E-state index >= 15 is 0 Å². The molecule has 0 aromatic carbocycles. The van der Waals surface area contributed by atoms with Crippen LogP contribution in [0.4, 0.5) is 0 Å². The number of hydrogen-bond acceptors (Lipinski definition) is 6. The van der Waals surface area contributed by atoms with Crippen molar-refractivity contribution in [1.82, 2.24) is 10.3 Å². The number of hydrogen-bond donors (Lipinski definition) is 3. The molecule has 1 fully saturated rings. The highest BCUT2D eigenvalue weighted by atomic mass is 32.2. The molecule has 4 bridgehead atoms. The van der Waals surface area contributed by atoms with Crippen molar-refractivity contribution < 1.29 is 19.8 Å². The Labute approximate surface area is 204 Å². The van der Waals surface area contributed by atoms with Crippen LogP contribution in [0.2, 0.25) is 0 Å². The van der Waals surface area contributed by atoms with Gasteiger partial charge in [-0.05, 0) is 51.2 Å². The Morgan fingerprint density at radius 3 is 2.82 bits per heavy atom. The fraction of sp³-hybridized carbons (Fsp3) is 0.560. The number of amides is 1. The van der Waals surface area contributed by atoms with E-state index in [0.717, 1.165) is 34.7 Å². The van der Waals surface area contributed by atoms with E-state index in [9.17, 15) is 19.8 Å². The summed E-state index contributed by atoms with van der Waals surface area (Å²) in [6.07, 6.45) is 9.40. The minimum Gasteiger partial charge on any atom is -0.481 e. The number of nitrogens with zero attached hydrogens (tertiary/aromatic N) is 1. The van der Waals surface area contributed by atoms with Gasteiger partial charge in [-0.25, -0.2) is 4.98 Å². The van der Waals surface area contributed by atoms with E-state index in [1.807, 2.05) is 18.4 Å². The van der Waals surface area contributed by atoms with E-state index in [-0.39, 0.29) is 30.0 Å². The first-order chi connectivity index (χ1) is 15.5. The lowest BCUT2D eigenvalue weighted by molar-refractivity contribution is -0.138. The van der Waals surface area contributed by atoms with Crippen molar-refractivity contribution >= 4 is 41.1 Å². The van der Waals surface area contributed by atoms with E-state index in [2.05, 4.69) is 31.0 Å². The number of carboxylic acid groups (broad SMARTS) is 1. The van der Waals surface area contributed by atoms with Gasteiger partial charge in [-0.2, -0.15) is 0 Å². The maximum atomic E-state index is 13.0. The lowest BCUT2D eigenvalue weighted by atomic mass is 9.84. The van der Waals surface area contributed by atoms with Crippen molar-refractivity contribution in [3.8, 4) is 0 Å². The molecule has 33 heavy (non-hydrogen) atoms. The first-order valence-corrected chi connectivity index (χ1v) is 13.2. The summed E-state index contributed by atoms with van der Waals surface area (Å²) in [6.45, 7) is 10.0. The highest BCUT2D eigenvalue weighted by Crippen LogP contribution is 2.51. The molecular formula is C25H34N2O4S2. The molecule has 1 aromatic heterocycles. The predicted molar refractivity (Wildman–Crippen MR) is 135 cm³/mol. The van der Waals surface area contributed by atoms with Crippen molar-refractivity contribution in [3.05, 3.63) is 46.0 Å². The van der Waals surface area contributed by atoms with E-state index in [1.54, 1.807) is 6.92 Å². The fourth-order valence-electron chi connectivity index (χ4n) is 4.42. The maximum Gasteiger partial charge on any atom is 0.304 e. The molecule has 6 nitrogen and oxygen atoms in total. The number of allylic oxidation sites excluding steroid dienone is 4.